The Morgan fingerprint density at radius 2 is 1.15 bits per heavy atom. The van der Waals surface area contributed by atoms with Gasteiger partial charge in [-0.25, -0.2) is 0 Å². The zero-order valence-corrected chi connectivity index (χ0v) is 23.8. The lowest BCUT2D eigenvalue weighted by Crippen LogP contribution is -2.11. The van der Waals surface area contributed by atoms with Gasteiger partial charge in [0.15, 0.2) is 0 Å². The Morgan fingerprint density at radius 3 is 2.00 bits per heavy atom. The molecule has 194 valence electrons. The van der Waals surface area contributed by atoms with Crippen molar-refractivity contribution in [2.75, 3.05) is 4.90 Å². The smallest absolute Gasteiger partial charge is 0.0656 e. The molecule has 8 rings (SSSR count). The van der Waals surface area contributed by atoms with E-state index in [-0.39, 0.29) is 0 Å². The minimum absolute atomic E-state index is 1.04. The highest BCUT2D eigenvalue weighted by atomic mass is 79.9. The molecule has 0 aliphatic carbocycles. The van der Waals surface area contributed by atoms with Crippen molar-refractivity contribution in [2.24, 2.45) is 0 Å². The third-order valence-electron chi connectivity index (χ3n) is 8.01. The summed E-state index contributed by atoms with van der Waals surface area (Å²) in [6.07, 6.45) is 0. The quantitative estimate of drug-likeness (QED) is 0.198. The molecule has 41 heavy (non-hydrogen) atoms. The van der Waals surface area contributed by atoms with Gasteiger partial charge in [-0.2, -0.15) is 0 Å². The van der Waals surface area contributed by atoms with E-state index in [4.69, 9.17) is 0 Å². The van der Waals surface area contributed by atoms with Crippen molar-refractivity contribution >= 4 is 76.3 Å². The van der Waals surface area contributed by atoms with Crippen molar-refractivity contribution in [1.82, 2.24) is 4.57 Å². The van der Waals surface area contributed by atoms with Gasteiger partial charge in [0.1, 0.15) is 0 Å². The fourth-order valence-corrected chi connectivity index (χ4v) is 6.79. The van der Waals surface area contributed by atoms with Crippen molar-refractivity contribution in [3.63, 3.8) is 0 Å². The highest BCUT2D eigenvalue weighted by Gasteiger charge is 2.21. The Balaban J connectivity index is 1.41. The Morgan fingerprint density at radius 1 is 0.463 bits per heavy atom. The van der Waals surface area contributed by atoms with Crippen LogP contribution in [0.2, 0.25) is 0 Å². The molecule has 0 bridgehead atoms. The van der Waals surface area contributed by atoms with Crippen LogP contribution in [0.3, 0.4) is 0 Å². The van der Waals surface area contributed by atoms with Crippen LogP contribution in [0.4, 0.5) is 17.1 Å². The number of fused-ring (bicyclic) bond motifs is 6. The van der Waals surface area contributed by atoms with Crippen LogP contribution in [0.1, 0.15) is 0 Å². The van der Waals surface area contributed by atoms with Gasteiger partial charge in [-0.15, -0.1) is 0 Å². The van der Waals surface area contributed by atoms with E-state index >= 15 is 0 Å². The average molecular weight is 590 g/mol. The van der Waals surface area contributed by atoms with Gasteiger partial charge in [0.2, 0.25) is 0 Å². The van der Waals surface area contributed by atoms with Crippen LogP contribution in [0.15, 0.2) is 156 Å². The summed E-state index contributed by atoms with van der Waals surface area (Å²) in [4.78, 5) is 2.34. The highest BCUT2D eigenvalue weighted by molar-refractivity contribution is 9.10. The topological polar surface area (TPSA) is 8.17 Å². The second-order valence-electron chi connectivity index (χ2n) is 10.3. The van der Waals surface area contributed by atoms with Gasteiger partial charge in [0, 0.05) is 22.1 Å². The Labute approximate surface area is 246 Å². The molecule has 0 atom stereocenters. The number of rotatable bonds is 4. The van der Waals surface area contributed by atoms with Gasteiger partial charge in [-0.05, 0) is 86.0 Å². The molecule has 8 aromatic rings. The monoisotopic (exact) mass is 588 g/mol. The molecule has 0 N–H and O–H groups in total. The maximum Gasteiger partial charge on any atom is 0.0656 e. The molecule has 0 unspecified atom stereocenters. The van der Waals surface area contributed by atoms with E-state index in [1.807, 2.05) is 0 Å². The minimum atomic E-state index is 1.04. The summed E-state index contributed by atoms with van der Waals surface area (Å²) in [5.41, 5.74) is 6.78. The van der Waals surface area contributed by atoms with Crippen LogP contribution in [0.5, 0.6) is 0 Å². The van der Waals surface area contributed by atoms with Gasteiger partial charge in [-0.3, -0.25) is 0 Å². The van der Waals surface area contributed by atoms with Crippen molar-refractivity contribution < 1.29 is 0 Å². The van der Waals surface area contributed by atoms with Gasteiger partial charge in [0.05, 0.1) is 26.9 Å². The average Bonchev–Trinajstić information content (AvgIpc) is 3.37. The molecular formula is C38H25BrN2. The first-order valence-electron chi connectivity index (χ1n) is 13.8. The molecule has 0 fully saturated rings. The summed E-state index contributed by atoms with van der Waals surface area (Å²) >= 11 is 4.11. The van der Waals surface area contributed by atoms with Crippen LogP contribution in [0.25, 0.3) is 49.0 Å². The first-order chi connectivity index (χ1) is 20.3. The lowest BCUT2D eigenvalue weighted by atomic mass is 10.0. The molecule has 2 nitrogen and oxygen atoms in total. The third kappa shape index (κ3) is 3.85. The molecule has 7 aromatic carbocycles. The fraction of sp³-hybridized carbons (Fsp3) is 0. The number of nitrogens with zero attached hydrogens (tertiary/aromatic N) is 2. The number of para-hydroxylation sites is 2. The van der Waals surface area contributed by atoms with Crippen molar-refractivity contribution in [1.29, 1.82) is 0 Å². The minimum Gasteiger partial charge on any atom is -0.309 e. The summed E-state index contributed by atoms with van der Waals surface area (Å²) in [7, 11) is 0. The number of hydrogen-bond acceptors (Lipinski definition) is 1. The molecule has 1 aromatic heterocycles. The summed E-state index contributed by atoms with van der Waals surface area (Å²) in [5.74, 6) is 0. The number of benzene rings is 7. The van der Waals surface area contributed by atoms with Gasteiger partial charge >= 0.3 is 0 Å². The van der Waals surface area contributed by atoms with E-state index in [0.29, 0.717) is 0 Å². The zero-order valence-electron chi connectivity index (χ0n) is 22.2. The molecule has 0 aliphatic rings. The first-order valence-corrected chi connectivity index (χ1v) is 14.6. The predicted octanol–water partition coefficient (Wildman–Crippen LogP) is 11.3. The summed E-state index contributed by atoms with van der Waals surface area (Å²) in [6, 6.07) is 54.3. The van der Waals surface area contributed by atoms with E-state index in [1.54, 1.807) is 0 Å². The lowest BCUT2D eigenvalue weighted by molar-refractivity contribution is 1.16. The van der Waals surface area contributed by atoms with Crippen LogP contribution in [0, 0.1) is 0 Å². The summed E-state index contributed by atoms with van der Waals surface area (Å²) in [5, 5.41) is 7.51. The summed E-state index contributed by atoms with van der Waals surface area (Å²) < 4.78 is 3.43. The van der Waals surface area contributed by atoms with Gasteiger partial charge in [0.25, 0.3) is 0 Å². The van der Waals surface area contributed by atoms with Crippen molar-refractivity contribution in [3.8, 4) is 5.69 Å². The molecule has 0 aliphatic heterocycles. The van der Waals surface area contributed by atoms with Gasteiger partial charge in [-0.1, -0.05) is 103 Å². The first kappa shape index (κ1) is 24.0. The third-order valence-corrected chi connectivity index (χ3v) is 8.82. The van der Waals surface area contributed by atoms with E-state index in [2.05, 4.69) is 177 Å². The molecular weight excluding hydrogens is 564 g/mol. The second-order valence-corrected chi connectivity index (χ2v) is 11.1. The Kier molecular flexibility index (Phi) is 5.65. The van der Waals surface area contributed by atoms with Crippen molar-refractivity contribution in [3.05, 3.63) is 156 Å². The molecule has 0 amide bonds. The SMILES string of the molecule is Brc1c(N(c2ccccc2)c2ccc3ccccc3c2)cccc1-n1c2ccccc2c2c3ccccc3ccc21. The van der Waals surface area contributed by atoms with E-state index in [0.717, 1.165) is 27.2 Å². The molecule has 3 heteroatoms. The van der Waals surface area contributed by atoms with E-state index < -0.39 is 0 Å². The maximum atomic E-state index is 4.11. The fourth-order valence-electron chi connectivity index (χ4n) is 6.17. The molecule has 1 heterocycles. The number of halogens is 1. The largest absolute Gasteiger partial charge is 0.309 e. The van der Waals surface area contributed by atoms with Crippen LogP contribution in [-0.4, -0.2) is 4.57 Å². The second kappa shape index (κ2) is 9.65. The van der Waals surface area contributed by atoms with Crippen LogP contribution in [-0.2, 0) is 0 Å². The summed E-state index contributed by atoms with van der Waals surface area (Å²) in [6.45, 7) is 0. The molecule has 0 saturated carbocycles. The van der Waals surface area contributed by atoms with Crippen molar-refractivity contribution in [2.45, 2.75) is 0 Å². The normalized spacial score (nSPS) is 11.5. The van der Waals surface area contributed by atoms with E-state index in [9.17, 15) is 0 Å². The van der Waals surface area contributed by atoms with Crippen LogP contribution >= 0.6 is 15.9 Å². The molecule has 0 radical (unpaired) electrons. The lowest BCUT2D eigenvalue weighted by Gasteiger charge is -2.28. The number of anilines is 3. The maximum absolute atomic E-state index is 4.11. The van der Waals surface area contributed by atoms with Crippen LogP contribution < -0.4 is 4.90 Å². The Hall–Kier alpha value is -4.86. The molecule has 0 saturated heterocycles. The number of aromatic nitrogens is 1. The van der Waals surface area contributed by atoms with Gasteiger partial charge < -0.3 is 9.47 Å². The number of hydrogen-bond donors (Lipinski definition) is 0. The standard InChI is InChI=1S/C38H25BrN2/c39-38-35(40(29-14-2-1-3-15-29)30-23-21-26-11-4-5-13-28(26)25-30)19-10-20-36(38)41-33-18-9-8-17-32(33)37-31-16-7-6-12-27(31)22-24-34(37)41/h1-25H. The Bertz CT molecular complexity index is 2230. The van der Waals surface area contributed by atoms with E-state index in [1.165, 1.54) is 43.4 Å². The molecule has 0 spiro atoms. The predicted molar refractivity (Wildman–Crippen MR) is 178 cm³/mol. The highest BCUT2D eigenvalue weighted by Crippen LogP contribution is 2.44. The zero-order chi connectivity index (χ0) is 27.3.